The van der Waals surface area contributed by atoms with Crippen LogP contribution < -0.4 is 16.8 Å². The number of aromatic nitrogens is 1. The lowest BCUT2D eigenvalue weighted by atomic mass is 10.0. The summed E-state index contributed by atoms with van der Waals surface area (Å²) in [6.45, 7) is 3.01. The molecule has 0 aliphatic heterocycles. The number of carbonyl (C=O) groups excluding carboxylic acids is 3. The summed E-state index contributed by atoms with van der Waals surface area (Å²) in [4.78, 5) is 40.3. The van der Waals surface area contributed by atoms with Crippen LogP contribution in [0.3, 0.4) is 0 Å². The molecule has 1 aromatic carbocycles. The van der Waals surface area contributed by atoms with E-state index in [-0.39, 0.29) is 40.5 Å². The molecule has 1 aliphatic rings. The molecule has 0 bridgehead atoms. The van der Waals surface area contributed by atoms with Crippen molar-refractivity contribution in [2.75, 3.05) is 25.5 Å². The number of amides is 3. The van der Waals surface area contributed by atoms with Gasteiger partial charge in [0.25, 0.3) is 11.8 Å². The fraction of sp³-hybridized carbons (Fsp3) is 0.478. The van der Waals surface area contributed by atoms with Gasteiger partial charge in [-0.3, -0.25) is 14.4 Å². The van der Waals surface area contributed by atoms with E-state index in [1.807, 2.05) is 6.92 Å². The molecule has 0 radical (unpaired) electrons. The van der Waals surface area contributed by atoms with Gasteiger partial charge >= 0.3 is 0 Å². The Balaban J connectivity index is 1.99. The highest BCUT2D eigenvalue weighted by Crippen LogP contribution is 2.30. The number of anilines is 1. The molecule has 11 heteroatoms. The average molecular weight is 490 g/mol. The van der Waals surface area contributed by atoms with Crippen LogP contribution in [0.5, 0.6) is 5.75 Å². The number of primary amides is 1. The molecule has 34 heavy (non-hydrogen) atoms. The molecule has 184 valence electrons. The molecule has 1 fully saturated rings. The number of aromatic hydroxyl groups is 1. The lowest BCUT2D eigenvalue weighted by molar-refractivity contribution is -0.126. The summed E-state index contributed by atoms with van der Waals surface area (Å²) < 4.78 is 9.37. The van der Waals surface area contributed by atoms with Crippen molar-refractivity contribution in [1.82, 2.24) is 14.6 Å². The average Bonchev–Trinajstić information content (AvgIpc) is 3.46. The monoisotopic (exact) mass is 489 g/mol. The van der Waals surface area contributed by atoms with Crippen molar-refractivity contribution in [1.29, 1.82) is 0 Å². The van der Waals surface area contributed by atoms with E-state index in [2.05, 4.69) is 9.69 Å². The second-order valence-electron chi connectivity index (χ2n) is 8.17. The van der Waals surface area contributed by atoms with Crippen molar-refractivity contribution < 1.29 is 24.2 Å². The second-order valence-corrected chi connectivity index (χ2v) is 8.94. The van der Waals surface area contributed by atoms with E-state index in [1.54, 1.807) is 12.1 Å². The predicted octanol–water partition coefficient (Wildman–Crippen LogP) is 2.20. The lowest BCUT2D eigenvalue weighted by Gasteiger charge is -2.32. The zero-order chi connectivity index (χ0) is 24.7. The lowest BCUT2D eigenvalue weighted by Crippen LogP contribution is -2.46. The van der Waals surface area contributed by atoms with Gasteiger partial charge in [0.05, 0.1) is 5.69 Å². The summed E-state index contributed by atoms with van der Waals surface area (Å²) in [6.07, 6.45) is 4.33. The Labute approximate surface area is 202 Å². The van der Waals surface area contributed by atoms with Crippen LogP contribution in [-0.2, 0) is 9.53 Å². The van der Waals surface area contributed by atoms with Crippen molar-refractivity contribution in [3.8, 4) is 5.75 Å². The van der Waals surface area contributed by atoms with E-state index in [1.165, 1.54) is 17.0 Å². The van der Waals surface area contributed by atoms with E-state index < -0.39 is 17.9 Å². The van der Waals surface area contributed by atoms with E-state index in [4.69, 9.17) is 16.2 Å². The zero-order valence-electron chi connectivity index (χ0n) is 19.2. The highest BCUT2D eigenvalue weighted by atomic mass is 32.1. The Kier molecular flexibility index (Phi) is 8.83. The van der Waals surface area contributed by atoms with Crippen LogP contribution in [0.15, 0.2) is 24.3 Å². The highest BCUT2D eigenvalue weighted by molar-refractivity contribution is 7.09. The summed E-state index contributed by atoms with van der Waals surface area (Å²) in [5.41, 5.74) is 11.6. The Bertz CT molecular complexity index is 1000. The van der Waals surface area contributed by atoms with Gasteiger partial charge in [0, 0.05) is 25.8 Å². The number of nitrogen functional groups attached to an aromatic ring is 1. The molecular formula is C23H31N5O5S. The molecule has 1 atom stereocenters. The van der Waals surface area contributed by atoms with Gasteiger partial charge in [0.15, 0.2) is 5.69 Å². The molecule has 1 saturated carbocycles. The Morgan fingerprint density at radius 3 is 2.53 bits per heavy atom. The number of ether oxygens (including phenoxy) is 1. The van der Waals surface area contributed by atoms with Crippen LogP contribution in [-0.4, -0.2) is 57.9 Å². The van der Waals surface area contributed by atoms with Gasteiger partial charge in [-0.25, -0.2) is 0 Å². The minimum Gasteiger partial charge on any atom is -0.508 e. The maximum absolute atomic E-state index is 13.7. The van der Waals surface area contributed by atoms with Crippen LogP contribution >= 0.6 is 11.5 Å². The summed E-state index contributed by atoms with van der Waals surface area (Å²) in [5.74, 6) is -1.63. The molecule has 0 unspecified atom stereocenters. The minimum absolute atomic E-state index is 0.0439. The van der Waals surface area contributed by atoms with Gasteiger partial charge in [0.1, 0.15) is 16.7 Å². The van der Waals surface area contributed by atoms with E-state index in [0.29, 0.717) is 25.2 Å². The van der Waals surface area contributed by atoms with Gasteiger partial charge in [-0.15, -0.1) is 0 Å². The number of nitrogens with zero attached hydrogens (tertiary/aromatic N) is 2. The van der Waals surface area contributed by atoms with Gasteiger partial charge < -0.3 is 31.5 Å². The number of phenolic OH excluding ortho intramolecular Hbond substituents is 1. The molecular weight excluding hydrogens is 458 g/mol. The summed E-state index contributed by atoms with van der Waals surface area (Å²) in [7, 11) is 0. The topological polar surface area (TPSA) is 161 Å². The maximum atomic E-state index is 13.7. The maximum Gasteiger partial charge on any atom is 0.270 e. The van der Waals surface area contributed by atoms with Crippen LogP contribution in [0, 0.1) is 0 Å². The quantitative estimate of drug-likeness (QED) is 0.352. The Hall–Kier alpha value is -3.18. The molecule has 6 N–H and O–H groups in total. The number of hydrogen-bond acceptors (Lipinski definition) is 8. The van der Waals surface area contributed by atoms with Crippen LogP contribution in [0.4, 0.5) is 5.69 Å². The third kappa shape index (κ3) is 6.03. The van der Waals surface area contributed by atoms with Crippen LogP contribution in [0.2, 0.25) is 0 Å². The first-order chi connectivity index (χ1) is 16.3. The predicted molar refractivity (Wildman–Crippen MR) is 128 cm³/mol. The number of nitrogens with two attached hydrogens (primary N) is 2. The van der Waals surface area contributed by atoms with Crippen molar-refractivity contribution in [3.05, 3.63) is 40.4 Å². The number of carbonyl (C=O) groups is 3. The fourth-order valence-electron chi connectivity index (χ4n) is 4.07. The number of nitrogens with one attached hydrogen (secondary N) is 1. The smallest absolute Gasteiger partial charge is 0.270 e. The van der Waals surface area contributed by atoms with Crippen LogP contribution in [0.1, 0.15) is 70.8 Å². The number of hydrogen-bond donors (Lipinski definition) is 4. The van der Waals surface area contributed by atoms with Gasteiger partial charge in [-0.1, -0.05) is 25.0 Å². The largest absolute Gasteiger partial charge is 0.508 e. The van der Waals surface area contributed by atoms with Crippen LogP contribution in [0.25, 0.3) is 0 Å². The summed E-state index contributed by atoms with van der Waals surface area (Å²) in [6, 6.07) is 5.24. The molecule has 10 nitrogen and oxygen atoms in total. The minimum atomic E-state index is -0.978. The normalized spacial score (nSPS) is 14.6. The highest BCUT2D eigenvalue weighted by Gasteiger charge is 2.35. The Morgan fingerprint density at radius 2 is 1.94 bits per heavy atom. The summed E-state index contributed by atoms with van der Waals surface area (Å²) in [5, 5.41) is 12.8. The van der Waals surface area contributed by atoms with Crippen molar-refractivity contribution >= 4 is 34.9 Å². The standard InChI is InChI=1S/C23H31N5O5S/c1-2-33-13-5-12-28(23(32)20-17(24)18(21(25)30)27-34-20)19(14-8-10-16(29)11-9-14)22(31)26-15-6-3-4-7-15/h8-11,15,19,29H,2-7,12-13,24H2,1H3,(H2,25,30)(H,26,31)/t19-/m1/s1. The first-order valence-electron chi connectivity index (χ1n) is 11.4. The number of rotatable bonds is 11. The van der Waals surface area contributed by atoms with E-state index in [0.717, 1.165) is 37.2 Å². The molecule has 1 aromatic heterocycles. The third-order valence-electron chi connectivity index (χ3n) is 5.78. The molecule has 1 heterocycles. The summed E-state index contributed by atoms with van der Waals surface area (Å²) >= 11 is 0.774. The van der Waals surface area contributed by atoms with Crippen molar-refractivity contribution in [2.45, 2.75) is 51.1 Å². The fourth-order valence-corrected chi connectivity index (χ4v) is 4.83. The van der Waals surface area contributed by atoms with Gasteiger partial charge in [-0.2, -0.15) is 4.37 Å². The third-order valence-corrected chi connectivity index (χ3v) is 6.63. The molecule has 2 aromatic rings. The van der Waals surface area contributed by atoms with Crippen molar-refractivity contribution in [2.24, 2.45) is 5.73 Å². The number of phenols is 1. The number of benzene rings is 1. The first kappa shape index (κ1) is 25.4. The van der Waals surface area contributed by atoms with Gasteiger partial charge in [-0.05, 0) is 55.4 Å². The van der Waals surface area contributed by atoms with E-state index >= 15 is 0 Å². The van der Waals surface area contributed by atoms with Crippen molar-refractivity contribution in [3.63, 3.8) is 0 Å². The van der Waals surface area contributed by atoms with Gasteiger partial charge in [0.2, 0.25) is 5.91 Å². The molecule has 3 rings (SSSR count). The molecule has 0 saturated heterocycles. The molecule has 1 aliphatic carbocycles. The Morgan fingerprint density at radius 1 is 1.26 bits per heavy atom. The van der Waals surface area contributed by atoms with E-state index in [9.17, 15) is 19.5 Å². The zero-order valence-corrected chi connectivity index (χ0v) is 20.0. The first-order valence-corrected chi connectivity index (χ1v) is 12.1. The molecule has 3 amide bonds. The SMILES string of the molecule is CCOCCCN(C(=O)c1snc(C(N)=O)c1N)[C@@H](C(=O)NC1CCCC1)c1ccc(O)cc1. The second kappa shape index (κ2) is 11.8. The molecule has 0 spiro atoms.